The van der Waals surface area contributed by atoms with Crippen molar-refractivity contribution in [1.82, 2.24) is 10.2 Å². The number of nitrogens with zero attached hydrogens (tertiary/aromatic N) is 1. The highest BCUT2D eigenvalue weighted by Crippen LogP contribution is 2.51. The fourth-order valence-electron chi connectivity index (χ4n) is 4.77. The van der Waals surface area contributed by atoms with Crippen LogP contribution in [0.1, 0.15) is 34.3 Å². The summed E-state index contributed by atoms with van der Waals surface area (Å²) in [4.78, 5) is 38.9. The maximum absolute atomic E-state index is 13.2. The minimum absolute atomic E-state index is 0.0344. The van der Waals surface area contributed by atoms with Crippen LogP contribution in [-0.2, 0) is 16.1 Å². The van der Waals surface area contributed by atoms with E-state index >= 15 is 0 Å². The third kappa shape index (κ3) is 4.65. The minimum atomic E-state index is -1.17. The van der Waals surface area contributed by atoms with Crippen molar-refractivity contribution in [3.8, 4) is 11.5 Å². The summed E-state index contributed by atoms with van der Waals surface area (Å²) in [6, 6.07) is 11.6. The average molecular weight is 481 g/mol. The maximum atomic E-state index is 13.2. The number of amides is 2. The molecule has 2 aliphatic rings. The van der Waals surface area contributed by atoms with Gasteiger partial charge in [0, 0.05) is 36.7 Å². The second kappa shape index (κ2) is 10.3. The van der Waals surface area contributed by atoms with Crippen molar-refractivity contribution in [2.24, 2.45) is 0 Å². The van der Waals surface area contributed by atoms with E-state index in [1.165, 1.54) is 25.0 Å². The summed E-state index contributed by atoms with van der Waals surface area (Å²) in [7, 11) is 1.44. The molecular formula is C26H28N2O7. The van der Waals surface area contributed by atoms with Crippen LogP contribution in [0.25, 0.3) is 0 Å². The van der Waals surface area contributed by atoms with Crippen molar-refractivity contribution >= 4 is 18.1 Å². The number of ether oxygens (including phenoxy) is 2. The van der Waals surface area contributed by atoms with Gasteiger partial charge in [-0.15, -0.1) is 0 Å². The molecule has 2 aromatic rings. The van der Waals surface area contributed by atoms with Gasteiger partial charge in [-0.2, -0.15) is 0 Å². The minimum Gasteiger partial charge on any atom is -0.493 e. The number of methoxy groups -OCH3 is 1. The van der Waals surface area contributed by atoms with Crippen LogP contribution in [-0.4, -0.2) is 71.7 Å². The topological polar surface area (TPSA) is 125 Å². The highest BCUT2D eigenvalue weighted by Gasteiger charge is 2.51. The predicted octanol–water partition coefficient (Wildman–Crippen LogP) is 1.18. The number of rotatable bonds is 8. The normalized spacial score (nSPS) is 22.2. The first-order chi connectivity index (χ1) is 16.9. The Hall–Kier alpha value is -3.69. The van der Waals surface area contributed by atoms with Gasteiger partial charge >= 0.3 is 0 Å². The number of fused-ring (bicyclic) bond motifs is 3. The quantitative estimate of drug-likeness (QED) is 0.485. The number of hydrogen-bond acceptors (Lipinski definition) is 7. The number of nitrogens with one attached hydrogen (secondary N) is 1. The first-order valence-corrected chi connectivity index (χ1v) is 11.3. The second-order valence-corrected chi connectivity index (χ2v) is 8.53. The number of aldehydes is 1. The van der Waals surface area contributed by atoms with Gasteiger partial charge in [0.15, 0.2) is 11.5 Å². The monoisotopic (exact) mass is 480 g/mol. The van der Waals surface area contributed by atoms with Gasteiger partial charge in [-0.05, 0) is 23.8 Å². The Bertz CT molecular complexity index is 1150. The summed E-state index contributed by atoms with van der Waals surface area (Å²) >= 11 is 0. The lowest BCUT2D eigenvalue weighted by Crippen LogP contribution is -2.55. The van der Waals surface area contributed by atoms with Crippen LogP contribution < -0.4 is 14.8 Å². The number of aliphatic hydroxyl groups excluding tert-OH is 2. The van der Waals surface area contributed by atoms with Crippen molar-refractivity contribution in [3.63, 3.8) is 0 Å². The zero-order chi connectivity index (χ0) is 25.1. The Morgan fingerprint density at radius 3 is 2.60 bits per heavy atom. The lowest BCUT2D eigenvalue weighted by molar-refractivity contribution is -0.135. The van der Waals surface area contributed by atoms with Gasteiger partial charge < -0.3 is 29.9 Å². The molecule has 2 aromatic carbocycles. The number of carbonyl (C=O) groups is 3. The van der Waals surface area contributed by atoms with E-state index in [1.54, 1.807) is 12.1 Å². The second-order valence-electron chi connectivity index (χ2n) is 8.53. The van der Waals surface area contributed by atoms with Crippen LogP contribution in [0, 0.1) is 0 Å². The molecule has 0 bridgehead atoms. The Morgan fingerprint density at radius 2 is 1.97 bits per heavy atom. The molecule has 0 spiro atoms. The van der Waals surface area contributed by atoms with E-state index in [9.17, 15) is 24.6 Å². The summed E-state index contributed by atoms with van der Waals surface area (Å²) in [6.07, 6.45) is 0.189. The van der Waals surface area contributed by atoms with Crippen molar-refractivity contribution in [2.75, 3.05) is 20.3 Å². The Balaban J connectivity index is 1.80. The summed E-state index contributed by atoms with van der Waals surface area (Å²) in [5.74, 6) is -0.786. The van der Waals surface area contributed by atoms with Crippen LogP contribution >= 0.6 is 0 Å². The molecule has 0 fully saturated rings. The Labute approximate surface area is 203 Å². The zero-order valence-corrected chi connectivity index (χ0v) is 19.5. The average Bonchev–Trinajstić information content (AvgIpc) is 3.26. The maximum Gasteiger partial charge on any atom is 0.247 e. The number of hydrogen-bond donors (Lipinski definition) is 3. The molecule has 1 aliphatic carbocycles. The highest BCUT2D eigenvalue weighted by atomic mass is 16.5. The third-order valence-corrected chi connectivity index (χ3v) is 6.37. The summed E-state index contributed by atoms with van der Waals surface area (Å²) in [6.45, 7) is 1.42. The van der Waals surface area contributed by atoms with E-state index in [0.29, 0.717) is 28.9 Å². The van der Waals surface area contributed by atoms with E-state index in [4.69, 9.17) is 9.47 Å². The van der Waals surface area contributed by atoms with Gasteiger partial charge in [0.1, 0.15) is 18.5 Å². The van der Waals surface area contributed by atoms with Crippen LogP contribution in [0.4, 0.5) is 0 Å². The molecule has 4 atom stereocenters. The van der Waals surface area contributed by atoms with Gasteiger partial charge in [-0.3, -0.25) is 14.4 Å². The number of aliphatic hydroxyl groups is 2. The lowest BCUT2D eigenvalue weighted by Gasteiger charge is -2.40. The third-order valence-electron chi connectivity index (χ3n) is 6.37. The fourth-order valence-corrected chi connectivity index (χ4v) is 4.77. The summed E-state index contributed by atoms with van der Waals surface area (Å²) in [5.41, 5.74) is 2.02. The standard InChI is InChI=1S/C26H28N2O7/c1-15(31)28(13-16-6-4-3-5-7-16)20-12-19(26(33)27-8-9-29)22-18-10-17(14-30)11-21(34-2)24(18)35-25(22)23(20)32/h3-7,10-12,14,20,22-23,25,29,32H,8-9,13H2,1-2H3,(H,27,33)/t20-,22+,23+,25+/m1/s1. The van der Waals surface area contributed by atoms with Gasteiger partial charge in [-0.25, -0.2) is 0 Å². The van der Waals surface area contributed by atoms with Gasteiger partial charge in [0.25, 0.3) is 0 Å². The molecule has 184 valence electrons. The molecule has 0 unspecified atom stereocenters. The van der Waals surface area contributed by atoms with Gasteiger partial charge in [-0.1, -0.05) is 30.3 Å². The molecule has 35 heavy (non-hydrogen) atoms. The molecule has 1 aliphatic heterocycles. The Kier molecular flexibility index (Phi) is 7.18. The molecule has 0 saturated carbocycles. The van der Waals surface area contributed by atoms with Crippen LogP contribution in [0.3, 0.4) is 0 Å². The molecule has 9 nitrogen and oxygen atoms in total. The highest BCUT2D eigenvalue weighted by molar-refractivity contribution is 5.96. The van der Waals surface area contributed by atoms with Crippen LogP contribution in [0.15, 0.2) is 54.1 Å². The van der Waals surface area contributed by atoms with E-state index in [1.807, 2.05) is 30.3 Å². The van der Waals surface area contributed by atoms with Crippen molar-refractivity contribution in [2.45, 2.75) is 37.6 Å². The summed E-state index contributed by atoms with van der Waals surface area (Å²) < 4.78 is 11.6. The molecule has 2 amide bonds. The SMILES string of the molecule is COc1cc(C=O)cc2c1O[C@@H]1[C@@H](O)[C@H](N(Cc3ccccc3)C(C)=O)C=C(C(=O)NCCO)[C@H]21. The largest absolute Gasteiger partial charge is 0.493 e. The van der Waals surface area contributed by atoms with Crippen molar-refractivity contribution in [1.29, 1.82) is 0 Å². The zero-order valence-electron chi connectivity index (χ0n) is 19.5. The molecule has 9 heteroatoms. The van der Waals surface area contributed by atoms with E-state index in [2.05, 4.69) is 5.32 Å². The van der Waals surface area contributed by atoms with Gasteiger partial charge in [0.05, 0.1) is 25.7 Å². The smallest absolute Gasteiger partial charge is 0.247 e. The summed E-state index contributed by atoms with van der Waals surface area (Å²) in [5, 5.41) is 23.3. The first-order valence-electron chi connectivity index (χ1n) is 11.3. The van der Waals surface area contributed by atoms with E-state index < -0.39 is 30.1 Å². The van der Waals surface area contributed by atoms with Gasteiger partial charge in [0.2, 0.25) is 11.8 Å². The van der Waals surface area contributed by atoms with Crippen LogP contribution in [0.2, 0.25) is 0 Å². The lowest BCUT2D eigenvalue weighted by atomic mass is 9.77. The fraction of sp³-hybridized carbons (Fsp3) is 0.346. The van der Waals surface area contributed by atoms with Crippen molar-refractivity contribution in [3.05, 3.63) is 70.8 Å². The molecule has 4 rings (SSSR count). The molecule has 1 heterocycles. The molecule has 0 aromatic heterocycles. The van der Waals surface area contributed by atoms with E-state index in [-0.39, 0.29) is 31.2 Å². The number of carbonyl (C=O) groups excluding carboxylic acids is 3. The Morgan fingerprint density at radius 1 is 1.23 bits per heavy atom. The predicted molar refractivity (Wildman–Crippen MR) is 126 cm³/mol. The molecule has 0 saturated heterocycles. The molecular weight excluding hydrogens is 452 g/mol. The number of benzene rings is 2. The van der Waals surface area contributed by atoms with Crippen LogP contribution in [0.5, 0.6) is 11.5 Å². The van der Waals surface area contributed by atoms with E-state index in [0.717, 1.165) is 5.56 Å². The first kappa shape index (κ1) is 24.4. The molecule has 3 N–H and O–H groups in total. The van der Waals surface area contributed by atoms with Crippen molar-refractivity contribution < 1.29 is 34.1 Å². The molecule has 0 radical (unpaired) electrons.